The fourth-order valence-corrected chi connectivity index (χ4v) is 0.950. The minimum atomic E-state index is -1.79. The van der Waals surface area contributed by atoms with E-state index in [2.05, 4.69) is 20.1 Å². The number of aromatic hydroxyl groups is 2. The number of aromatic nitrogens is 1. The molecule has 1 unspecified atom stereocenters. The van der Waals surface area contributed by atoms with Crippen LogP contribution in [0.1, 0.15) is 4.79 Å². The van der Waals surface area contributed by atoms with Gasteiger partial charge in [0.25, 0.3) is 5.91 Å². The molecule has 0 bridgehead atoms. The van der Waals surface area contributed by atoms with Crippen LogP contribution >= 0.6 is 16.3 Å². The largest absolute Gasteiger partial charge is 0.494 e. The molecule has 0 fully saturated rings. The lowest BCUT2D eigenvalue weighted by Gasteiger charge is -2.07. The van der Waals surface area contributed by atoms with Crippen LogP contribution < -0.4 is 0 Å². The summed E-state index contributed by atoms with van der Waals surface area (Å²) < 4.78 is 4.63. The van der Waals surface area contributed by atoms with Gasteiger partial charge >= 0.3 is 0 Å². The molecule has 3 N–H and O–H groups in total. The maximum Gasteiger partial charge on any atom is 0.294 e. The highest BCUT2D eigenvalue weighted by Gasteiger charge is 2.22. The highest BCUT2D eigenvalue weighted by Crippen LogP contribution is 2.21. The van der Waals surface area contributed by atoms with Crippen molar-refractivity contribution < 1.29 is 23.9 Å². The molecule has 6 nitrogen and oxygen atoms in total. The van der Waals surface area contributed by atoms with Gasteiger partial charge in [-0.1, -0.05) is 0 Å². The van der Waals surface area contributed by atoms with Crippen LogP contribution in [0.2, 0.25) is 0 Å². The lowest BCUT2D eigenvalue weighted by molar-refractivity contribution is 0.00408. The molecule has 0 amide bonds. The average Bonchev–Trinajstić information content (AvgIpc) is 2.44. The minimum absolute atomic E-state index is 0.480. The molecule has 0 radical (unpaired) electrons. The molecule has 0 aromatic carbocycles. The number of carbonyl (C=O) groups excluding carboxylic acids is 1. The topological polar surface area (TPSA) is 91.9 Å². The van der Waals surface area contributed by atoms with Crippen molar-refractivity contribution in [3.63, 3.8) is 0 Å². The fourth-order valence-electron chi connectivity index (χ4n) is 0.790. The third-order valence-corrected chi connectivity index (χ3v) is 1.71. The van der Waals surface area contributed by atoms with Crippen LogP contribution in [0.5, 0.6) is 11.8 Å². The second kappa shape index (κ2) is 3.77. The van der Waals surface area contributed by atoms with E-state index >= 15 is 0 Å². The van der Waals surface area contributed by atoms with E-state index in [9.17, 15) is 4.79 Å². The first-order valence-corrected chi connectivity index (χ1v) is 3.82. The van der Waals surface area contributed by atoms with Crippen LogP contribution in [-0.2, 0) is 3.83 Å². The number of halogens is 1. The van der Waals surface area contributed by atoms with E-state index in [0.717, 1.165) is 12.1 Å². The van der Waals surface area contributed by atoms with Gasteiger partial charge in [0.05, 0.1) is 0 Å². The Morgan fingerprint density at radius 2 is 1.92 bits per heavy atom. The quantitative estimate of drug-likeness (QED) is 0.653. The molecule has 1 aromatic heterocycles. The number of rotatable bonds is 2. The highest BCUT2D eigenvalue weighted by molar-refractivity contribution is 9.06. The molecule has 0 aliphatic carbocycles. The number of aliphatic hydroxyl groups excluding tert-OH is 1. The number of carbonyl (C=O) groups is 1. The van der Waals surface area contributed by atoms with Crippen molar-refractivity contribution in [3.05, 3.63) is 12.1 Å². The predicted octanol–water partition coefficient (Wildman–Crippen LogP) is 0.184. The standard InChI is InChI=1S/C6H6BrNO5/c7-13-6(12)5(11)8-3(9)1-2-4(8)10/h1-2,6,9-10,12H. The molecule has 0 saturated heterocycles. The smallest absolute Gasteiger partial charge is 0.294 e. The van der Waals surface area contributed by atoms with Gasteiger partial charge < -0.3 is 15.3 Å². The summed E-state index contributed by atoms with van der Waals surface area (Å²) in [5.74, 6) is -1.96. The van der Waals surface area contributed by atoms with Crippen LogP contribution in [0, 0.1) is 0 Å². The third-order valence-electron chi connectivity index (χ3n) is 1.36. The van der Waals surface area contributed by atoms with Gasteiger partial charge in [0.15, 0.2) is 0 Å². The summed E-state index contributed by atoms with van der Waals surface area (Å²) in [7, 11) is 0. The van der Waals surface area contributed by atoms with Gasteiger partial charge in [-0.3, -0.25) is 8.62 Å². The summed E-state index contributed by atoms with van der Waals surface area (Å²) in [5.41, 5.74) is 0. The Kier molecular flexibility index (Phi) is 2.91. The van der Waals surface area contributed by atoms with Crippen molar-refractivity contribution in [2.24, 2.45) is 0 Å². The maximum absolute atomic E-state index is 11.1. The maximum atomic E-state index is 11.1. The molecular weight excluding hydrogens is 246 g/mol. The van der Waals surface area contributed by atoms with Crippen molar-refractivity contribution in [1.82, 2.24) is 4.57 Å². The molecule has 0 spiro atoms. The van der Waals surface area contributed by atoms with E-state index in [-0.39, 0.29) is 0 Å². The predicted molar refractivity (Wildman–Crippen MR) is 44.4 cm³/mol. The van der Waals surface area contributed by atoms with Gasteiger partial charge in [-0.2, -0.15) is 0 Å². The van der Waals surface area contributed by atoms with Crippen molar-refractivity contribution >= 4 is 22.2 Å². The number of hydrogen-bond donors (Lipinski definition) is 3. The van der Waals surface area contributed by atoms with Gasteiger partial charge in [-0.05, 0) is 0 Å². The normalized spacial score (nSPS) is 12.8. The van der Waals surface area contributed by atoms with Crippen LogP contribution in [-0.4, -0.2) is 32.1 Å². The van der Waals surface area contributed by atoms with Crippen molar-refractivity contribution in [2.45, 2.75) is 6.29 Å². The fraction of sp³-hybridized carbons (Fsp3) is 0.167. The van der Waals surface area contributed by atoms with Crippen LogP contribution in [0.15, 0.2) is 12.1 Å². The Labute approximate surface area is 81.4 Å². The summed E-state index contributed by atoms with van der Waals surface area (Å²) in [6, 6.07) is 2.21. The summed E-state index contributed by atoms with van der Waals surface area (Å²) in [4.78, 5) is 11.1. The van der Waals surface area contributed by atoms with Gasteiger partial charge in [-0.25, -0.2) is 4.57 Å². The molecule has 7 heteroatoms. The van der Waals surface area contributed by atoms with E-state index in [1.165, 1.54) is 0 Å². The average molecular weight is 252 g/mol. The van der Waals surface area contributed by atoms with E-state index in [0.29, 0.717) is 4.57 Å². The summed E-state index contributed by atoms with van der Waals surface area (Å²) >= 11 is 2.40. The van der Waals surface area contributed by atoms with Crippen molar-refractivity contribution in [1.29, 1.82) is 0 Å². The Bertz CT molecular complexity index is 303. The molecule has 0 aliphatic rings. The molecular formula is C6H6BrNO5. The van der Waals surface area contributed by atoms with Crippen LogP contribution in [0.3, 0.4) is 0 Å². The molecule has 13 heavy (non-hydrogen) atoms. The zero-order chi connectivity index (χ0) is 10.0. The number of hydrogen-bond acceptors (Lipinski definition) is 5. The van der Waals surface area contributed by atoms with Gasteiger partial charge in [-0.15, -0.1) is 0 Å². The van der Waals surface area contributed by atoms with E-state index < -0.39 is 24.0 Å². The van der Waals surface area contributed by atoms with Crippen LogP contribution in [0.4, 0.5) is 0 Å². The lowest BCUT2D eigenvalue weighted by atomic mass is 10.5. The monoisotopic (exact) mass is 251 g/mol. The second-order valence-electron chi connectivity index (χ2n) is 2.16. The van der Waals surface area contributed by atoms with E-state index in [1.807, 2.05) is 0 Å². The van der Waals surface area contributed by atoms with Crippen molar-refractivity contribution in [3.8, 4) is 11.8 Å². The molecule has 72 valence electrons. The first-order valence-electron chi connectivity index (χ1n) is 3.17. The zero-order valence-corrected chi connectivity index (χ0v) is 7.80. The van der Waals surface area contributed by atoms with Crippen molar-refractivity contribution in [2.75, 3.05) is 0 Å². The third kappa shape index (κ3) is 1.82. The lowest BCUT2D eigenvalue weighted by Crippen LogP contribution is -2.26. The van der Waals surface area contributed by atoms with E-state index in [1.54, 1.807) is 0 Å². The Balaban J connectivity index is 3.01. The molecule has 1 heterocycles. The van der Waals surface area contributed by atoms with Gasteiger partial charge in [0.1, 0.15) is 16.3 Å². The zero-order valence-electron chi connectivity index (χ0n) is 6.22. The van der Waals surface area contributed by atoms with Crippen LogP contribution in [0.25, 0.3) is 0 Å². The molecule has 1 aromatic rings. The van der Waals surface area contributed by atoms with Gasteiger partial charge in [0.2, 0.25) is 18.1 Å². The highest BCUT2D eigenvalue weighted by atomic mass is 79.9. The molecule has 0 saturated carbocycles. The summed E-state index contributed by atoms with van der Waals surface area (Å²) in [6.45, 7) is 0. The number of nitrogens with zero attached hydrogens (tertiary/aromatic N) is 1. The first kappa shape index (κ1) is 10.0. The second-order valence-corrected chi connectivity index (χ2v) is 2.54. The van der Waals surface area contributed by atoms with E-state index in [4.69, 9.17) is 15.3 Å². The molecule has 0 aliphatic heterocycles. The SMILES string of the molecule is O=C(C(O)OBr)n1c(O)ccc1O. The number of aliphatic hydroxyl groups is 1. The Hall–Kier alpha value is -1.05. The molecule has 1 atom stereocenters. The molecule has 1 rings (SSSR count). The summed E-state index contributed by atoms with van der Waals surface area (Å²) in [6.07, 6.45) is -1.79. The Morgan fingerprint density at radius 3 is 2.31 bits per heavy atom. The van der Waals surface area contributed by atoms with Gasteiger partial charge in [0, 0.05) is 12.1 Å². The Morgan fingerprint density at radius 1 is 1.46 bits per heavy atom. The summed E-state index contributed by atoms with van der Waals surface area (Å²) in [5, 5.41) is 27.0. The first-order chi connectivity index (χ1) is 6.07. The minimum Gasteiger partial charge on any atom is -0.494 e.